The van der Waals surface area contributed by atoms with E-state index in [2.05, 4.69) is 10.2 Å². The van der Waals surface area contributed by atoms with Crippen LogP contribution in [-0.4, -0.2) is 53.8 Å². The average Bonchev–Trinajstić information content (AvgIpc) is 3.18. The third kappa shape index (κ3) is 4.65. The number of nitrogens with one attached hydrogen (secondary N) is 1. The summed E-state index contributed by atoms with van der Waals surface area (Å²) in [5, 5.41) is 3.42. The maximum atomic E-state index is 12.6. The molecule has 1 aliphatic rings. The van der Waals surface area contributed by atoms with Crippen LogP contribution in [0.4, 0.5) is 0 Å². The number of nitrogens with zero attached hydrogens (tertiary/aromatic N) is 2. The van der Waals surface area contributed by atoms with E-state index in [0.29, 0.717) is 13.1 Å². The number of furan rings is 1. The van der Waals surface area contributed by atoms with Crippen molar-refractivity contribution in [1.82, 2.24) is 15.1 Å². The largest absolute Gasteiger partial charge is 0.459 e. The van der Waals surface area contributed by atoms with Crippen LogP contribution in [0.5, 0.6) is 0 Å². The van der Waals surface area contributed by atoms with Gasteiger partial charge in [-0.05, 0) is 36.8 Å². The number of hydrogen-bond donors (Lipinski definition) is 1. The summed E-state index contributed by atoms with van der Waals surface area (Å²) in [6.07, 6.45) is 1.43. The minimum absolute atomic E-state index is 0.0731. The molecular weight excluding hydrogens is 354 g/mol. The van der Waals surface area contributed by atoms with Gasteiger partial charge >= 0.3 is 0 Å². The molecule has 1 aromatic carbocycles. The highest BCUT2D eigenvalue weighted by atomic mass is 35.5. The topological polar surface area (TPSA) is 65.8 Å². The van der Waals surface area contributed by atoms with Crippen LogP contribution < -0.4 is 5.32 Å². The van der Waals surface area contributed by atoms with E-state index in [-0.39, 0.29) is 17.6 Å². The number of carbonyl (C=O) groups excluding carboxylic acids is 2. The van der Waals surface area contributed by atoms with E-state index in [0.717, 1.165) is 24.7 Å². The third-order valence-electron chi connectivity index (χ3n) is 4.47. The summed E-state index contributed by atoms with van der Waals surface area (Å²) in [7, 11) is 0. The lowest BCUT2D eigenvalue weighted by atomic mass is 10.2. The molecule has 1 aromatic heterocycles. The van der Waals surface area contributed by atoms with Crippen molar-refractivity contribution in [1.29, 1.82) is 0 Å². The Kier molecular flexibility index (Phi) is 5.96. The Balaban J connectivity index is 1.46. The summed E-state index contributed by atoms with van der Waals surface area (Å²) in [6, 6.07) is 10.4. The molecule has 2 amide bonds. The fraction of sp³-hybridized carbons (Fsp3) is 0.368. The molecule has 1 N–H and O–H groups in total. The SMILES string of the molecule is CC(NC(=O)c1ccco1)C(=O)N1CCN(Cc2ccc(Cl)cc2)CC1. The highest BCUT2D eigenvalue weighted by Gasteiger charge is 2.26. The molecule has 0 bridgehead atoms. The van der Waals surface area contributed by atoms with Gasteiger partial charge in [0.15, 0.2) is 5.76 Å². The molecule has 1 aliphatic heterocycles. The second-order valence-corrected chi connectivity index (χ2v) is 6.84. The van der Waals surface area contributed by atoms with E-state index >= 15 is 0 Å². The van der Waals surface area contributed by atoms with Gasteiger partial charge in [0.2, 0.25) is 5.91 Å². The van der Waals surface area contributed by atoms with Gasteiger partial charge in [-0.2, -0.15) is 0 Å². The molecule has 0 spiro atoms. The second-order valence-electron chi connectivity index (χ2n) is 6.40. The zero-order chi connectivity index (χ0) is 18.5. The minimum atomic E-state index is -0.588. The van der Waals surface area contributed by atoms with Crippen molar-refractivity contribution >= 4 is 23.4 Å². The van der Waals surface area contributed by atoms with Crippen LogP contribution in [0, 0.1) is 0 Å². The van der Waals surface area contributed by atoms with Crippen LogP contribution in [0.25, 0.3) is 0 Å². The molecule has 26 heavy (non-hydrogen) atoms. The molecule has 1 fully saturated rings. The van der Waals surface area contributed by atoms with Crippen LogP contribution in [0.2, 0.25) is 5.02 Å². The Labute approximate surface area is 157 Å². The number of halogens is 1. The van der Waals surface area contributed by atoms with Crippen molar-refractivity contribution in [2.75, 3.05) is 26.2 Å². The first-order chi connectivity index (χ1) is 12.5. The Hall–Kier alpha value is -2.31. The number of carbonyl (C=O) groups is 2. The normalized spacial score (nSPS) is 16.3. The molecule has 0 aliphatic carbocycles. The minimum Gasteiger partial charge on any atom is -0.459 e. The number of piperazine rings is 1. The number of benzene rings is 1. The third-order valence-corrected chi connectivity index (χ3v) is 4.72. The van der Waals surface area contributed by atoms with E-state index in [9.17, 15) is 9.59 Å². The first-order valence-corrected chi connectivity index (χ1v) is 9.00. The van der Waals surface area contributed by atoms with E-state index in [1.807, 2.05) is 24.3 Å². The fourth-order valence-electron chi connectivity index (χ4n) is 2.99. The monoisotopic (exact) mass is 375 g/mol. The maximum absolute atomic E-state index is 12.6. The highest BCUT2D eigenvalue weighted by molar-refractivity contribution is 6.30. The fourth-order valence-corrected chi connectivity index (χ4v) is 3.11. The molecule has 0 saturated carbocycles. The Bertz CT molecular complexity index is 738. The summed E-state index contributed by atoms with van der Waals surface area (Å²) < 4.78 is 5.05. The summed E-state index contributed by atoms with van der Waals surface area (Å²) in [4.78, 5) is 28.6. The molecule has 7 heteroatoms. The molecular formula is C19H22ClN3O3. The molecule has 0 radical (unpaired) electrons. The van der Waals surface area contributed by atoms with Crippen LogP contribution in [0.1, 0.15) is 23.0 Å². The summed E-state index contributed by atoms with van der Waals surface area (Å²) >= 11 is 5.91. The zero-order valence-electron chi connectivity index (χ0n) is 14.7. The van der Waals surface area contributed by atoms with Gasteiger partial charge in [-0.25, -0.2) is 0 Å². The average molecular weight is 376 g/mol. The second kappa shape index (κ2) is 8.38. The Morgan fingerprint density at radius 1 is 1.15 bits per heavy atom. The van der Waals surface area contributed by atoms with Gasteiger partial charge in [0.1, 0.15) is 6.04 Å². The molecule has 1 atom stereocenters. The van der Waals surface area contributed by atoms with Crippen LogP contribution in [-0.2, 0) is 11.3 Å². The van der Waals surface area contributed by atoms with Crippen molar-refractivity contribution in [3.05, 3.63) is 59.0 Å². The van der Waals surface area contributed by atoms with Gasteiger partial charge in [-0.1, -0.05) is 23.7 Å². The van der Waals surface area contributed by atoms with E-state index in [1.54, 1.807) is 24.0 Å². The Morgan fingerprint density at radius 3 is 2.46 bits per heavy atom. The number of rotatable bonds is 5. The first kappa shape index (κ1) is 18.5. The van der Waals surface area contributed by atoms with E-state index in [4.69, 9.17) is 16.0 Å². The summed E-state index contributed by atoms with van der Waals surface area (Å²) in [5.74, 6) is -0.245. The van der Waals surface area contributed by atoms with Gasteiger partial charge in [0, 0.05) is 37.7 Å². The van der Waals surface area contributed by atoms with Crippen molar-refractivity contribution in [2.24, 2.45) is 0 Å². The lowest BCUT2D eigenvalue weighted by molar-refractivity contribution is -0.134. The summed E-state index contributed by atoms with van der Waals surface area (Å²) in [5.41, 5.74) is 1.20. The van der Waals surface area contributed by atoms with Gasteiger partial charge in [0.05, 0.1) is 6.26 Å². The number of amides is 2. The van der Waals surface area contributed by atoms with Gasteiger partial charge in [-0.15, -0.1) is 0 Å². The van der Waals surface area contributed by atoms with Crippen molar-refractivity contribution in [2.45, 2.75) is 19.5 Å². The van der Waals surface area contributed by atoms with E-state index in [1.165, 1.54) is 11.8 Å². The van der Waals surface area contributed by atoms with Crippen LogP contribution in [0.3, 0.4) is 0 Å². The number of hydrogen-bond acceptors (Lipinski definition) is 4. The van der Waals surface area contributed by atoms with E-state index < -0.39 is 6.04 Å². The molecule has 138 valence electrons. The van der Waals surface area contributed by atoms with Gasteiger partial charge in [-0.3, -0.25) is 14.5 Å². The molecule has 2 aromatic rings. The van der Waals surface area contributed by atoms with Gasteiger partial charge in [0.25, 0.3) is 5.91 Å². The molecule has 1 unspecified atom stereocenters. The van der Waals surface area contributed by atoms with Crippen LogP contribution >= 0.6 is 11.6 Å². The Morgan fingerprint density at radius 2 is 1.85 bits per heavy atom. The molecule has 2 heterocycles. The lowest BCUT2D eigenvalue weighted by Gasteiger charge is -2.36. The molecule has 6 nitrogen and oxygen atoms in total. The predicted molar refractivity (Wildman–Crippen MR) is 98.9 cm³/mol. The molecule has 3 rings (SSSR count). The quantitative estimate of drug-likeness (QED) is 0.871. The molecule has 1 saturated heterocycles. The van der Waals surface area contributed by atoms with Crippen molar-refractivity contribution in [3.63, 3.8) is 0 Å². The van der Waals surface area contributed by atoms with Crippen molar-refractivity contribution in [3.8, 4) is 0 Å². The summed E-state index contributed by atoms with van der Waals surface area (Å²) in [6.45, 7) is 5.43. The smallest absolute Gasteiger partial charge is 0.287 e. The maximum Gasteiger partial charge on any atom is 0.287 e. The van der Waals surface area contributed by atoms with Crippen molar-refractivity contribution < 1.29 is 14.0 Å². The first-order valence-electron chi connectivity index (χ1n) is 8.63. The van der Waals surface area contributed by atoms with Gasteiger partial charge < -0.3 is 14.6 Å². The highest BCUT2D eigenvalue weighted by Crippen LogP contribution is 2.13. The standard InChI is InChI=1S/C19H22ClN3O3/c1-14(21-18(24)17-3-2-12-26-17)19(25)23-10-8-22(9-11-23)13-15-4-6-16(20)7-5-15/h2-7,12,14H,8-11,13H2,1H3,(H,21,24). The zero-order valence-corrected chi connectivity index (χ0v) is 15.4. The lowest BCUT2D eigenvalue weighted by Crippen LogP contribution is -2.53. The van der Waals surface area contributed by atoms with Crippen LogP contribution in [0.15, 0.2) is 47.1 Å². The predicted octanol–water partition coefficient (Wildman–Crippen LogP) is 2.40.